The van der Waals surface area contributed by atoms with Crippen LogP contribution in [0.2, 0.25) is 0 Å². The topological polar surface area (TPSA) is 41.9 Å². The van der Waals surface area contributed by atoms with E-state index in [0.717, 1.165) is 50.6 Å². The molecule has 0 aromatic heterocycles. The molecule has 0 aliphatic carbocycles. The molecule has 2 rings (SSSR count). The van der Waals surface area contributed by atoms with E-state index in [1.807, 2.05) is 31.2 Å². The highest BCUT2D eigenvalue weighted by atomic mass is 16.5. The minimum Gasteiger partial charge on any atom is -0.493 e. The first-order valence-electron chi connectivity index (χ1n) is 10.4. The van der Waals surface area contributed by atoms with E-state index in [1.165, 1.54) is 38.5 Å². The third-order valence-electron chi connectivity index (χ3n) is 5.11. The van der Waals surface area contributed by atoms with E-state index in [4.69, 9.17) is 9.47 Å². The maximum atomic E-state index is 11.1. The van der Waals surface area contributed by atoms with Crippen molar-refractivity contribution in [2.24, 2.45) is 0 Å². The summed E-state index contributed by atoms with van der Waals surface area (Å²) in [6.45, 7) is 8.69. The van der Waals surface area contributed by atoms with Gasteiger partial charge in [0.2, 0.25) is 0 Å². The molecule has 1 unspecified atom stereocenters. The second kappa shape index (κ2) is 11.6. The predicted molar refractivity (Wildman–Crippen MR) is 107 cm³/mol. The Morgan fingerprint density at radius 1 is 1.04 bits per heavy atom. The summed E-state index contributed by atoms with van der Waals surface area (Å²) in [4.78, 5) is 2.26. The predicted octanol–water partition coefficient (Wildman–Crippen LogP) is 4.36. The zero-order chi connectivity index (χ0) is 18.7. The number of rotatable bonds is 12. The van der Waals surface area contributed by atoms with Gasteiger partial charge in [-0.15, -0.1) is 0 Å². The average molecular weight is 364 g/mol. The van der Waals surface area contributed by atoms with E-state index >= 15 is 0 Å². The van der Waals surface area contributed by atoms with Crippen LogP contribution in [0, 0.1) is 0 Å². The highest BCUT2D eigenvalue weighted by Crippen LogP contribution is 2.31. The first-order chi connectivity index (χ1) is 12.6. The van der Waals surface area contributed by atoms with Crippen molar-refractivity contribution in [1.29, 1.82) is 0 Å². The highest BCUT2D eigenvalue weighted by molar-refractivity contribution is 5.38. The van der Waals surface area contributed by atoms with Crippen LogP contribution in [-0.4, -0.2) is 49.5 Å². The molecule has 148 valence electrons. The van der Waals surface area contributed by atoms with Gasteiger partial charge in [-0.25, -0.2) is 0 Å². The molecule has 1 atom stereocenters. The molecule has 1 aromatic carbocycles. The van der Waals surface area contributed by atoms with Gasteiger partial charge in [-0.3, -0.25) is 4.90 Å². The van der Waals surface area contributed by atoms with Crippen LogP contribution in [0.4, 0.5) is 0 Å². The molecular formula is C22H37NO3. The summed E-state index contributed by atoms with van der Waals surface area (Å²) in [5.74, 6) is 0.816. The second-order valence-corrected chi connectivity index (χ2v) is 7.63. The first kappa shape index (κ1) is 21.2. The Morgan fingerprint density at radius 2 is 1.69 bits per heavy atom. The van der Waals surface area contributed by atoms with E-state index < -0.39 is 5.60 Å². The molecule has 26 heavy (non-hydrogen) atoms. The number of ether oxygens (including phenoxy) is 2. The van der Waals surface area contributed by atoms with Gasteiger partial charge in [-0.2, -0.15) is 0 Å². The standard InChI is InChI=1S/C22H37NO3/c1-3-4-5-6-7-8-11-16-26-21-13-10-9-12-20(21)22(2,24)19-23-14-17-25-18-15-23/h9-10,12-13,24H,3-8,11,14-19H2,1-2H3. The van der Waals surface area contributed by atoms with Crippen molar-refractivity contribution < 1.29 is 14.6 Å². The Labute approximate surface area is 159 Å². The van der Waals surface area contributed by atoms with Crippen LogP contribution in [0.15, 0.2) is 24.3 Å². The average Bonchev–Trinajstić information content (AvgIpc) is 2.65. The molecule has 1 heterocycles. The van der Waals surface area contributed by atoms with Crippen LogP contribution in [0.25, 0.3) is 0 Å². The van der Waals surface area contributed by atoms with E-state index in [1.54, 1.807) is 0 Å². The van der Waals surface area contributed by atoms with Crippen molar-refractivity contribution in [1.82, 2.24) is 4.90 Å². The maximum absolute atomic E-state index is 11.1. The van der Waals surface area contributed by atoms with Gasteiger partial charge in [0.25, 0.3) is 0 Å². The molecule has 0 amide bonds. The Kier molecular flexibility index (Phi) is 9.44. The van der Waals surface area contributed by atoms with Crippen LogP contribution in [0.3, 0.4) is 0 Å². The molecule has 0 radical (unpaired) electrons. The van der Waals surface area contributed by atoms with Crippen LogP contribution in [0.5, 0.6) is 5.75 Å². The number of β-amino-alcohol motifs (C(OH)–C–C–N with tert-alkyl or cyclic N) is 1. The summed E-state index contributed by atoms with van der Waals surface area (Å²) in [5, 5.41) is 11.1. The minimum absolute atomic E-state index is 0.605. The van der Waals surface area contributed by atoms with Gasteiger partial charge in [-0.05, 0) is 19.4 Å². The Bertz CT molecular complexity index is 498. The van der Waals surface area contributed by atoms with Crippen LogP contribution >= 0.6 is 0 Å². The van der Waals surface area contributed by atoms with E-state index in [0.29, 0.717) is 6.54 Å². The highest BCUT2D eigenvalue weighted by Gasteiger charge is 2.30. The van der Waals surface area contributed by atoms with Crippen LogP contribution in [-0.2, 0) is 10.3 Å². The van der Waals surface area contributed by atoms with Crippen molar-refractivity contribution in [2.45, 2.75) is 64.4 Å². The normalized spacial score (nSPS) is 17.8. The lowest BCUT2D eigenvalue weighted by molar-refractivity contribution is -0.0265. The number of unbranched alkanes of at least 4 members (excludes halogenated alkanes) is 6. The first-order valence-corrected chi connectivity index (χ1v) is 10.4. The van der Waals surface area contributed by atoms with Gasteiger partial charge in [0.05, 0.1) is 19.8 Å². The lowest BCUT2D eigenvalue weighted by Crippen LogP contribution is -2.44. The Morgan fingerprint density at radius 3 is 2.42 bits per heavy atom. The molecule has 1 aliphatic heterocycles. The van der Waals surface area contributed by atoms with Gasteiger partial charge < -0.3 is 14.6 Å². The molecule has 4 heteroatoms. The molecule has 1 aliphatic rings. The zero-order valence-electron chi connectivity index (χ0n) is 16.7. The van der Waals surface area contributed by atoms with Gasteiger partial charge in [0, 0.05) is 25.2 Å². The molecule has 1 N–H and O–H groups in total. The Balaban J connectivity index is 1.80. The van der Waals surface area contributed by atoms with E-state index in [2.05, 4.69) is 11.8 Å². The van der Waals surface area contributed by atoms with Crippen LogP contribution in [0.1, 0.15) is 64.4 Å². The molecule has 0 spiro atoms. The van der Waals surface area contributed by atoms with Crippen molar-refractivity contribution >= 4 is 0 Å². The number of morpholine rings is 1. The number of aliphatic hydroxyl groups is 1. The van der Waals surface area contributed by atoms with Gasteiger partial charge in [-0.1, -0.05) is 63.6 Å². The quantitative estimate of drug-likeness (QED) is 0.561. The molecule has 4 nitrogen and oxygen atoms in total. The summed E-state index contributed by atoms with van der Waals surface area (Å²) in [7, 11) is 0. The van der Waals surface area contributed by atoms with E-state index in [9.17, 15) is 5.11 Å². The molecule has 1 aromatic rings. The lowest BCUT2D eigenvalue weighted by Gasteiger charge is -2.34. The molecular weight excluding hydrogens is 326 g/mol. The number of benzene rings is 1. The number of nitrogens with zero attached hydrogens (tertiary/aromatic N) is 1. The summed E-state index contributed by atoms with van der Waals surface area (Å²) in [5.41, 5.74) is -0.0388. The number of para-hydroxylation sites is 1. The number of hydrogen-bond acceptors (Lipinski definition) is 4. The monoisotopic (exact) mass is 363 g/mol. The Hall–Kier alpha value is -1.10. The second-order valence-electron chi connectivity index (χ2n) is 7.63. The van der Waals surface area contributed by atoms with Crippen molar-refractivity contribution in [2.75, 3.05) is 39.5 Å². The zero-order valence-corrected chi connectivity index (χ0v) is 16.7. The largest absolute Gasteiger partial charge is 0.493 e. The SMILES string of the molecule is CCCCCCCCCOc1ccccc1C(C)(O)CN1CCOCC1. The molecule has 0 bridgehead atoms. The molecule has 1 fully saturated rings. The molecule has 0 saturated carbocycles. The third-order valence-corrected chi connectivity index (χ3v) is 5.11. The third kappa shape index (κ3) is 7.26. The van der Waals surface area contributed by atoms with Crippen molar-refractivity contribution in [3.05, 3.63) is 29.8 Å². The summed E-state index contributed by atoms with van der Waals surface area (Å²) in [6.07, 6.45) is 8.91. The lowest BCUT2D eigenvalue weighted by atomic mass is 9.94. The fourth-order valence-electron chi connectivity index (χ4n) is 3.56. The smallest absolute Gasteiger partial charge is 0.125 e. The fraction of sp³-hybridized carbons (Fsp3) is 0.727. The fourth-order valence-corrected chi connectivity index (χ4v) is 3.56. The number of hydrogen-bond donors (Lipinski definition) is 1. The summed E-state index contributed by atoms with van der Waals surface area (Å²) < 4.78 is 11.4. The van der Waals surface area contributed by atoms with Gasteiger partial charge in [0.15, 0.2) is 0 Å². The summed E-state index contributed by atoms with van der Waals surface area (Å²) in [6, 6.07) is 7.92. The molecule has 1 saturated heterocycles. The van der Waals surface area contributed by atoms with Crippen molar-refractivity contribution in [3.63, 3.8) is 0 Å². The van der Waals surface area contributed by atoms with E-state index in [-0.39, 0.29) is 0 Å². The van der Waals surface area contributed by atoms with Gasteiger partial charge >= 0.3 is 0 Å². The van der Waals surface area contributed by atoms with Gasteiger partial charge in [0.1, 0.15) is 11.4 Å². The maximum Gasteiger partial charge on any atom is 0.125 e. The minimum atomic E-state index is -0.923. The van der Waals surface area contributed by atoms with Crippen LogP contribution < -0.4 is 4.74 Å². The summed E-state index contributed by atoms with van der Waals surface area (Å²) >= 11 is 0. The van der Waals surface area contributed by atoms with Crippen molar-refractivity contribution in [3.8, 4) is 5.75 Å².